The third-order valence-electron chi connectivity index (χ3n) is 5.29. The minimum absolute atomic E-state index is 0.164. The molecule has 1 aliphatic rings. The minimum atomic E-state index is -0.946. The largest absolute Gasteiger partial charge is 0.493 e. The predicted molar refractivity (Wildman–Crippen MR) is 109 cm³/mol. The summed E-state index contributed by atoms with van der Waals surface area (Å²) in [5.74, 6) is 0.680. The van der Waals surface area contributed by atoms with Gasteiger partial charge in [0.25, 0.3) is 0 Å². The van der Waals surface area contributed by atoms with Crippen LogP contribution < -0.4 is 14.8 Å². The number of nitriles is 1. The molecule has 0 bridgehead atoms. The van der Waals surface area contributed by atoms with E-state index in [9.17, 15) is 10.1 Å². The highest BCUT2D eigenvalue weighted by Crippen LogP contribution is 2.31. The first-order chi connectivity index (χ1) is 14.2. The maximum atomic E-state index is 12.6. The second-order valence-corrected chi connectivity index (χ2v) is 7.21. The highest BCUT2D eigenvalue weighted by molar-refractivity contribution is 5.89. The highest BCUT2D eigenvalue weighted by atomic mass is 16.5. The lowest BCUT2D eigenvalue weighted by Crippen LogP contribution is -2.30. The van der Waals surface area contributed by atoms with Gasteiger partial charge in [0.05, 0.1) is 50.6 Å². The Balaban J connectivity index is 1.72. The predicted octanol–water partition coefficient (Wildman–Crippen LogP) is 3.12. The Morgan fingerprint density at radius 1 is 1.24 bits per heavy atom. The van der Waals surface area contributed by atoms with Crippen LogP contribution in [0.2, 0.25) is 0 Å². The van der Waals surface area contributed by atoms with Gasteiger partial charge in [0.2, 0.25) is 0 Å². The number of nitrogens with zero attached hydrogens (tertiary/aromatic N) is 3. The zero-order valence-corrected chi connectivity index (χ0v) is 16.9. The van der Waals surface area contributed by atoms with Crippen LogP contribution in [-0.2, 0) is 4.79 Å². The van der Waals surface area contributed by atoms with E-state index in [-0.39, 0.29) is 12.3 Å². The average molecular weight is 394 g/mol. The summed E-state index contributed by atoms with van der Waals surface area (Å²) in [4.78, 5) is 21.3. The van der Waals surface area contributed by atoms with E-state index in [2.05, 4.69) is 21.4 Å². The summed E-state index contributed by atoms with van der Waals surface area (Å²) in [6.45, 7) is 0.984. The molecule has 1 heterocycles. The Bertz CT molecular complexity index is 888. The van der Waals surface area contributed by atoms with Crippen LogP contribution in [0.3, 0.4) is 0 Å². The third-order valence-corrected chi connectivity index (χ3v) is 5.29. The molecule has 0 aliphatic heterocycles. The summed E-state index contributed by atoms with van der Waals surface area (Å²) < 4.78 is 10.6. The quantitative estimate of drug-likeness (QED) is 0.698. The van der Waals surface area contributed by atoms with Gasteiger partial charge in [-0.05, 0) is 43.5 Å². The molecule has 152 valence electrons. The van der Waals surface area contributed by atoms with Crippen molar-refractivity contribution in [1.29, 1.82) is 5.26 Å². The van der Waals surface area contributed by atoms with Crippen LogP contribution in [0.25, 0.3) is 11.3 Å². The fourth-order valence-corrected chi connectivity index (χ4v) is 3.67. The van der Waals surface area contributed by atoms with Crippen molar-refractivity contribution in [2.45, 2.75) is 31.6 Å². The number of nitrogens with one attached hydrogen (secondary N) is 1. The van der Waals surface area contributed by atoms with Gasteiger partial charge in [-0.1, -0.05) is 12.8 Å². The Morgan fingerprint density at radius 3 is 2.69 bits per heavy atom. The second-order valence-electron chi connectivity index (χ2n) is 7.21. The molecule has 29 heavy (non-hydrogen) atoms. The maximum Gasteiger partial charge on any atom is 0.169 e. The van der Waals surface area contributed by atoms with Gasteiger partial charge in [-0.25, -0.2) is 4.98 Å². The lowest BCUT2D eigenvalue weighted by atomic mass is 10.0. The monoisotopic (exact) mass is 394 g/mol. The first kappa shape index (κ1) is 20.7. The zero-order valence-electron chi connectivity index (χ0n) is 16.9. The van der Waals surface area contributed by atoms with Crippen LogP contribution in [-0.4, -0.2) is 43.1 Å². The first-order valence-corrected chi connectivity index (χ1v) is 9.83. The first-order valence-electron chi connectivity index (χ1n) is 9.83. The number of carbonyl (C=O) groups is 1. The molecule has 7 nitrogen and oxygen atoms in total. The molecule has 0 saturated heterocycles. The van der Waals surface area contributed by atoms with E-state index < -0.39 is 5.92 Å². The molecule has 0 radical (unpaired) electrons. The summed E-state index contributed by atoms with van der Waals surface area (Å²) in [7, 11) is 3.13. The number of methoxy groups -OCH3 is 2. The lowest BCUT2D eigenvalue weighted by Gasteiger charge is -2.13. The van der Waals surface area contributed by atoms with E-state index in [0.717, 1.165) is 12.1 Å². The Kier molecular flexibility index (Phi) is 7.14. The molecule has 7 heteroatoms. The fourth-order valence-electron chi connectivity index (χ4n) is 3.67. The molecule has 0 spiro atoms. The number of aromatic nitrogens is 2. The normalized spacial score (nSPS) is 14.9. The molecule has 0 amide bonds. The Labute approximate surface area is 171 Å². The molecule has 1 aromatic heterocycles. The van der Waals surface area contributed by atoms with E-state index >= 15 is 0 Å². The molecular weight excluding hydrogens is 368 g/mol. The number of rotatable bonds is 9. The van der Waals surface area contributed by atoms with Gasteiger partial charge in [-0.3, -0.25) is 9.78 Å². The van der Waals surface area contributed by atoms with Gasteiger partial charge < -0.3 is 14.8 Å². The summed E-state index contributed by atoms with van der Waals surface area (Å²) in [5.41, 5.74) is 1.68. The smallest absolute Gasteiger partial charge is 0.169 e. The van der Waals surface area contributed by atoms with E-state index in [1.54, 1.807) is 32.5 Å². The van der Waals surface area contributed by atoms with Gasteiger partial charge in [0.15, 0.2) is 17.3 Å². The molecule has 1 aromatic carbocycles. The van der Waals surface area contributed by atoms with Crippen LogP contribution in [0.15, 0.2) is 30.6 Å². The maximum absolute atomic E-state index is 12.6. The average Bonchev–Trinajstić information content (AvgIpc) is 3.27. The van der Waals surface area contributed by atoms with Gasteiger partial charge >= 0.3 is 0 Å². The van der Waals surface area contributed by atoms with E-state index in [0.29, 0.717) is 28.8 Å². The number of hydrogen-bond donors (Lipinski definition) is 1. The number of benzene rings is 1. The topological polar surface area (TPSA) is 97.1 Å². The number of ketones is 1. The Morgan fingerprint density at radius 2 is 2.00 bits per heavy atom. The minimum Gasteiger partial charge on any atom is -0.493 e. The van der Waals surface area contributed by atoms with Gasteiger partial charge in [-0.15, -0.1) is 0 Å². The van der Waals surface area contributed by atoms with Crippen molar-refractivity contribution in [3.63, 3.8) is 0 Å². The molecule has 1 N–H and O–H groups in total. The van der Waals surface area contributed by atoms with E-state index in [4.69, 9.17) is 9.47 Å². The van der Waals surface area contributed by atoms with Crippen molar-refractivity contribution in [2.75, 3.05) is 27.3 Å². The molecule has 1 unspecified atom stereocenters. The molecule has 1 fully saturated rings. The third kappa shape index (κ3) is 5.09. The number of hydrogen-bond acceptors (Lipinski definition) is 7. The summed E-state index contributed by atoms with van der Waals surface area (Å²) in [5, 5.41) is 12.8. The summed E-state index contributed by atoms with van der Waals surface area (Å²) >= 11 is 0. The number of Topliss-reactive ketones (excluding diaryl/α,β-unsaturated/α-hetero) is 1. The van der Waals surface area contributed by atoms with E-state index in [1.165, 1.54) is 31.9 Å². The second kappa shape index (κ2) is 9.99. The van der Waals surface area contributed by atoms with Crippen LogP contribution in [0, 0.1) is 17.2 Å². The van der Waals surface area contributed by atoms with Crippen LogP contribution in [0.4, 0.5) is 0 Å². The van der Waals surface area contributed by atoms with Crippen LogP contribution >= 0.6 is 0 Å². The highest BCUT2D eigenvalue weighted by Gasteiger charge is 2.23. The molecule has 1 atom stereocenters. The van der Waals surface area contributed by atoms with Gasteiger partial charge in [0, 0.05) is 5.56 Å². The molecule has 2 aromatic rings. The number of ether oxygens (including phenoxy) is 2. The lowest BCUT2D eigenvalue weighted by molar-refractivity contribution is -0.118. The van der Waals surface area contributed by atoms with Crippen molar-refractivity contribution >= 4 is 5.78 Å². The SMILES string of the molecule is COc1ccc(-c2cncc(C(C#N)C(=O)CNCC3CCCC3)n2)cc1OC. The zero-order chi connectivity index (χ0) is 20.6. The fraction of sp³-hybridized carbons (Fsp3) is 0.455. The van der Waals surface area contributed by atoms with Crippen molar-refractivity contribution in [3.8, 4) is 28.8 Å². The van der Waals surface area contributed by atoms with Crippen LogP contribution in [0.1, 0.15) is 37.3 Å². The molecule has 3 rings (SSSR count). The van der Waals surface area contributed by atoms with Gasteiger partial charge in [-0.2, -0.15) is 5.26 Å². The molecular formula is C22H26N4O3. The van der Waals surface area contributed by atoms with Crippen molar-refractivity contribution in [1.82, 2.24) is 15.3 Å². The summed E-state index contributed by atoms with van der Waals surface area (Å²) in [6.07, 6.45) is 8.03. The van der Waals surface area contributed by atoms with Crippen LogP contribution in [0.5, 0.6) is 11.5 Å². The van der Waals surface area contributed by atoms with Crippen molar-refractivity contribution in [2.24, 2.45) is 5.92 Å². The van der Waals surface area contributed by atoms with Gasteiger partial charge in [0.1, 0.15) is 5.92 Å². The number of carbonyl (C=O) groups excluding carboxylic acids is 1. The molecule has 1 aliphatic carbocycles. The standard InChI is InChI=1S/C22H26N4O3/c1-28-21-8-7-16(9-22(21)29-2)18-12-25-13-19(26-18)17(10-23)20(27)14-24-11-15-5-3-4-6-15/h7-9,12-13,15,17,24H,3-6,11,14H2,1-2H3. The Hall–Kier alpha value is -2.98. The van der Waals surface area contributed by atoms with E-state index in [1.807, 2.05) is 6.07 Å². The van der Waals surface area contributed by atoms with Crippen molar-refractivity contribution < 1.29 is 14.3 Å². The van der Waals surface area contributed by atoms with Crippen molar-refractivity contribution in [3.05, 3.63) is 36.3 Å². The molecule has 1 saturated carbocycles. The summed E-state index contributed by atoms with van der Waals surface area (Å²) in [6, 6.07) is 7.48.